The van der Waals surface area contributed by atoms with Gasteiger partial charge in [0.2, 0.25) is 0 Å². The van der Waals surface area contributed by atoms with Gasteiger partial charge in [-0.05, 0) is 37.9 Å². The van der Waals surface area contributed by atoms with Crippen molar-refractivity contribution >= 4 is 11.6 Å². The van der Waals surface area contributed by atoms with Gasteiger partial charge in [-0.3, -0.25) is 4.90 Å². The summed E-state index contributed by atoms with van der Waals surface area (Å²) in [7, 11) is 0. The summed E-state index contributed by atoms with van der Waals surface area (Å²) in [6.45, 7) is 5.10. The lowest BCUT2D eigenvalue weighted by Gasteiger charge is -2.31. The lowest BCUT2D eigenvalue weighted by atomic mass is 10.1. The van der Waals surface area contributed by atoms with E-state index in [1.54, 1.807) is 0 Å². The first-order valence-corrected chi connectivity index (χ1v) is 7.43. The van der Waals surface area contributed by atoms with Crippen LogP contribution in [0.5, 0.6) is 0 Å². The Morgan fingerprint density at radius 1 is 1.47 bits per heavy atom. The Morgan fingerprint density at radius 2 is 2.26 bits per heavy atom. The van der Waals surface area contributed by atoms with E-state index >= 15 is 0 Å². The van der Waals surface area contributed by atoms with Gasteiger partial charge in [0.15, 0.2) is 0 Å². The first kappa shape index (κ1) is 14.8. The molecule has 1 fully saturated rings. The van der Waals surface area contributed by atoms with Crippen molar-refractivity contribution in [3.63, 3.8) is 0 Å². The molecule has 1 aromatic rings. The third-order valence-electron chi connectivity index (χ3n) is 3.91. The van der Waals surface area contributed by atoms with E-state index in [-0.39, 0.29) is 12.6 Å². The molecule has 0 spiro atoms. The van der Waals surface area contributed by atoms with Crippen molar-refractivity contribution in [3.05, 3.63) is 34.9 Å². The van der Waals surface area contributed by atoms with Gasteiger partial charge >= 0.3 is 0 Å². The molecule has 0 radical (unpaired) electrons. The van der Waals surface area contributed by atoms with E-state index in [1.165, 1.54) is 12.8 Å². The van der Waals surface area contributed by atoms with E-state index in [1.807, 2.05) is 18.2 Å². The maximum Gasteiger partial charge on any atom is 0.0558 e. The van der Waals surface area contributed by atoms with Gasteiger partial charge in [0, 0.05) is 30.2 Å². The van der Waals surface area contributed by atoms with Crippen LogP contribution in [0.4, 0.5) is 0 Å². The third kappa shape index (κ3) is 3.93. The molecular weight excluding hydrogens is 260 g/mol. The minimum Gasteiger partial charge on any atom is -0.395 e. The number of halogens is 1. The van der Waals surface area contributed by atoms with Crippen LogP contribution >= 0.6 is 11.6 Å². The number of hydrogen-bond donors (Lipinski definition) is 2. The van der Waals surface area contributed by atoms with Crippen LogP contribution in [-0.2, 0) is 0 Å². The highest BCUT2D eigenvalue weighted by Gasteiger charge is 2.22. The summed E-state index contributed by atoms with van der Waals surface area (Å²) < 4.78 is 0. The van der Waals surface area contributed by atoms with E-state index in [9.17, 15) is 5.11 Å². The zero-order valence-electron chi connectivity index (χ0n) is 11.5. The average molecular weight is 283 g/mol. The van der Waals surface area contributed by atoms with E-state index in [0.29, 0.717) is 12.6 Å². The lowest BCUT2D eigenvalue weighted by Crippen LogP contribution is -2.40. The minimum absolute atomic E-state index is 0.182. The van der Waals surface area contributed by atoms with Crippen molar-refractivity contribution in [2.24, 2.45) is 0 Å². The number of benzene rings is 1. The van der Waals surface area contributed by atoms with E-state index < -0.39 is 0 Å². The summed E-state index contributed by atoms with van der Waals surface area (Å²) in [5.41, 5.74) is 1.13. The average Bonchev–Trinajstić information content (AvgIpc) is 2.91. The minimum atomic E-state index is 0.182. The van der Waals surface area contributed by atoms with E-state index in [4.69, 9.17) is 11.6 Å². The smallest absolute Gasteiger partial charge is 0.0558 e. The van der Waals surface area contributed by atoms with Gasteiger partial charge in [-0.1, -0.05) is 29.8 Å². The zero-order valence-corrected chi connectivity index (χ0v) is 12.2. The summed E-state index contributed by atoms with van der Waals surface area (Å²) in [4.78, 5) is 2.31. The highest BCUT2D eigenvalue weighted by molar-refractivity contribution is 6.31. The van der Waals surface area contributed by atoms with Crippen molar-refractivity contribution < 1.29 is 5.11 Å². The zero-order chi connectivity index (χ0) is 13.7. The van der Waals surface area contributed by atoms with E-state index in [2.05, 4.69) is 23.2 Å². The molecule has 2 unspecified atom stereocenters. The Labute approximate surface area is 120 Å². The van der Waals surface area contributed by atoms with Crippen molar-refractivity contribution in [2.75, 3.05) is 26.2 Å². The molecule has 1 saturated heterocycles. The largest absolute Gasteiger partial charge is 0.395 e. The topological polar surface area (TPSA) is 35.5 Å². The Bertz CT molecular complexity index is 393. The molecule has 1 aliphatic rings. The molecule has 0 aliphatic carbocycles. The van der Waals surface area contributed by atoms with Gasteiger partial charge in [0.25, 0.3) is 0 Å². The number of aliphatic hydroxyl groups is 1. The Hall–Kier alpha value is -0.610. The molecular formula is C15H23ClN2O. The molecule has 2 N–H and O–H groups in total. The predicted octanol–water partition coefficient (Wildman–Crippen LogP) is 2.45. The molecule has 0 saturated carbocycles. The van der Waals surface area contributed by atoms with Crippen LogP contribution in [0.2, 0.25) is 5.02 Å². The monoisotopic (exact) mass is 282 g/mol. The first-order chi connectivity index (χ1) is 9.22. The van der Waals surface area contributed by atoms with Crippen molar-refractivity contribution in [3.8, 4) is 0 Å². The van der Waals surface area contributed by atoms with Crippen LogP contribution in [0.15, 0.2) is 24.3 Å². The molecule has 1 aromatic carbocycles. The fourth-order valence-electron chi connectivity index (χ4n) is 2.78. The first-order valence-electron chi connectivity index (χ1n) is 7.05. The number of nitrogens with zero attached hydrogens (tertiary/aromatic N) is 1. The van der Waals surface area contributed by atoms with Crippen LogP contribution in [0.3, 0.4) is 0 Å². The van der Waals surface area contributed by atoms with Crippen LogP contribution in [0.25, 0.3) is 0 Å². The summed E-state index contributed by atoms with van der Waals surface area (Å²) in [5.74, 6) is 0. The summed E-state index contributed by atoms with van der Waals surface area (Å²) in [6, 6.07) is 8.73. The van der Waals surface area contributed by atoms with Gasteiger partial charge in [0.1, 0.15) is 0 Å². The number of rotatable bonds is 6. The van der Waals surface area contributed by atoms with Crippen LogP contribution < -0.4 is 5.32 Å². The second-order valence-electron chi connectivity index (χ2n) is 5.21. The molecule has 4 heteroatoms. The lowest BCUT2D eigenvalue weighted by molar-refractivity contribution is 0.147. The molecule has 3 nitrogen and oxygen atoms in total. The quantitative estimate of drug-likeness (QED) is 0.841. The summed E-state index contributed by atoms with van der Waals surface area (Å²) in [5, 5.41) is 13.6. The van der Waals surface area contributed by atoms with Gasteiger partial charge in [0.05, 0.1) is 6.61 Å². The highest BCUT2D eigenvalue weighted by Crippen LogP contribution is 2.27. The normalized spacial score (nSPS) is 20.9. The molecule has 1 aliphatic heterocycles. The number of aliphatic hydroxyl groups excluding tert-OH is 1. The van der Waals surface area contributed by atoms with Crippen molar-refractivity contribution in [1.29, 1.82) is 0 Å². The fourth-order valence-corrected chi connectivity index (χ4v) is 3.07. The standard InChI is InChI=1S/C15H23ClN2O/c1-12(14-6-2-3-7-15(14)16)18(9-10-19)11-13-5-4-8-17-13/h2-3,6-7,12-13,17,19H,4-5,8-11H2,1H3. The second-order valence-corrected chi connectivity index (χ2v) is 5.62. The Kier molecular flexibility index (Phi) is 5.64. The highest BCUT2D eigenvalue weighted by atomic mass is 35.5. The van der Waals surface area contributed by atoms with Crippen LogP contribution in [0.1, 0.15) is 31.4 Å². The predicted molar refractivity (Wildman–Crippen MR) is 79.6 cm³/mol. The van der Waals surface area contributed by atoms with Crippen molar-refractivity contribution in [2.45, 2.75) is 31.8 Å². The number of nitrogens with one attached hydrogen (secondary N) is 1. The van der Waals surface area contributed by atoms with Crippen molar-refractivity contribution in [1.82, 2.24) is 10.2 Å². The molecule has 2 atom stereocenters. The summed E-state index contributed by atoms with van der Waals surface area (Å²) in [6.07, 6.45) is 2.47. The maximum atomic E-state index is 9.28. The van der Waals surface area contributed by atoms with Crippen LogP contribution in [0, 0.1) is 0 Å². The molecule has 106 valence electrons. The van der Waals surface area contributed by atoms with Crippen LogP contribution in [-0.4, -0.2) is 42.3 Å². The second kappa shape index (κ2) is 7.25. The van der Waals surface area contributed by atoms with Gasteiger partial charge in [-0.2, -0.15) is 0 Å². The molecule has 1 heterocycles. The van der Waals surface area contributed by atoms with Gasteiger partial charge in [-0.25, -0.2) is 0 Å². The molecule has 2 rings (SSSR count). The molecule has 0 bridgehead atoms. The SMILES string of the molecule is CC(c1ccccc1Cl)N(CCO)CC1CCCN1. The third-order valence-corrected chi connectivity index (χ3v) is 4.25. The Morgan fingerprint density at radius 3 is 2.89 bits per heavy atom. The molecule has 0 amide bonds. The van der Waals surface area contributed by atoms with Gasteiger partial charge < -0.3 is 10.4 Å². The summed E-state index contributed by atoms with van der Waals surface area (Å²) >= 11 is 6.28. The molecule has 19 heavy (non-hydrogen) atoms. The van der Waals surface area contributed by atoms with E-state index in [0.717, 1.165) is 23.7 Å². The maximum absolute atomic E-state index is 9.28. The fraction of sp³-hybridized carbons (Fsp3) is 0.600. The van der Waals surface area contributed by atoms with Gasteiger partial charge in [-0.15, -0.1) is 0 Å². The number of hydrogen-bond acceptors (Lipinski definition) is 3. The molecule has 0 aromatic heterocycles. The Balaban J connectivity index is 2.06.